The monoisotopic (exact) mass is 182 g/mol. The average molecular weight is 183 g/mol. The molecule has 0 aliphatic heterocycles. The number of aromatic nitrogens is 3. The molecule has 0 bridgehead atoms. The van der Waals surface area contributed by atoms with Gasteiger partial charge < -0.3 is 5.73 Å². The lowest BCUT2D eigenvalue weighted by atomic mass is 10.3. The summed E-state index contributed by atoms with van der Waals surface area (Å²) in [6.07, 6.45) is 0. The lowest BCUT2D eigenvalue weighted by Gasteiger charge is -1.97. The zero-order valence-electron chi connectivity index (χ0n) is 6.45. The number of aryl methyl sites for hydroxylation is 1. The van der Waals surface area contributed by atoms with Crippen molar-refractivity contribution < 1.29 is 0 Å². The van der Waals surface area contributed by atoms with Gasteiger partial charge in [-0.3, -0.25) is 0 Å². The lowest BCUT2D eigenvalue weighted by Crippen LogP contribution is -1.94. The van der Waals surface area contributed by atoms with Gasteiger partial charge >= 0.3 is 0 Å². The van der Waals surface area contributed by atoms with Crippen molar-refractivity contribution >= 4 is 28.3 Å². The molecule has 0 saturated carbocycles. The summed E-state index contributed by atoms with van der Waals surface area (Å²) in [5, 5.41) is 8.30. The van der Waals surface area contributed by atoms with Crippen molar-refractivity contribution in [3.05, 3.63) is 17.2 Å². The molecule has 2 N–H and O–H groups in total. The van der Waals surface area contributed by atoms with Crippen LogP contribution >= 0.6 is 11.6 Å². The van der Waals surface area contributed by atoms with E-state index in [1.165, 1.54) is 0 Å². The minimum Gasteiger partial charge on any atom is -0.397 e. The summed E-state index contributed by atoms with van der Waals surface area (Å²) in [7, 11) is 1.79. The Labute approximate surface area is 73.9 Å². The molecule has 0 amide bonds. The Morgan fingerprint density at radius 2 is 2.25 bits per heavy atom. The molecule has 0 saturated heterocycles. The van der Waals surface area contributed by atoms with Gasteiger partial charge in [0.05, 0.1) is 5.69 Å². The van der Waals surface area contributed by atoms with E-state index in [1.807, 2.05) is 0 Å². The maximum absolute atomic E-state index is 5.78. The first-order chi connectivity index (χ1) is 5.68. The van der Waals surface area contributed by atoms with Crippen LogP contribution in [0.5, 0.6) is 0 Å². The second-order valence-corrected chi connectivity index (χ2v) is 3.01. The normalized spacial score (nSPS) is 10.8. The average Bonchev–Trinajstić information content (AvgIpc) is 2.31. The van der Waals surface area contributed by atoms with E-state index in [0.717, 1.165) is 11.0 Å². The van der Waals surface area contributed by atoms with Crippen LogP contribution in [0.25, 0.3) is 11.0 Å². The fraction of sp³-hybridized carbons (Fsp3) is 0.143. The summed E-state index contributed by atoms with van der Waals surface area (Å²) in [4.78, 5) is 0. The minimum absolute atomic E-state index is 0.584. The highest BCUT2D eigenvalue weighted by atomic mass is 35.5. The molecule has 1 heterocycles. The topological polar surface area (TPSA) is 56.7 Å². The van der Waals surface area contributed by atoms with Crippen molar-refractivity contribution in [3.63, 3.8) is 0 Å². The Morgan fingerprint density at radius 1 is 1.50 bits per heavy atom. The molecule has 1 aromatic heterocycles. The highest BCUT2D eigenvalue weighted by Crippen LogP contribution is 2.23. The first-order valence-electron chi connectivity index (χ1n) is 3.43. The third-order valence-corrected chi connectivity index (χ3v) is 1.91. The molecule has 0 aliphatic rings. The standard InChI is InChI=1S/C7H7ClN4/c1-12-7-5(9)2-4(8)3-6(7)10-11-12/h2-3H,9H2,1H3. The third-order valence-electron chi connectivity index (χ3n) is 1.69. The number of benzene rings is 1. The van der Waals surface area contributed by atoms with Crippen LogP contribution in [0.3, 0.4) is 0 Å². The second-order valence-electron chi connectivity index (χ2n) is 2.58. The summed E-state index contributed by atoms with van der Waals surface area (Å²) >= 11 is 5.78. The Kier molecular flexibility index (Phi) is 1.44. The molecule has 62 valence electrons. The van der Waals surface area contributed by atoms with Gasteiger partial charge in [-0.15, -0.1) is 5.10 Å². The van der Waals surface area contributed by atoms with E-state index < -0.39 is 0 Å². The van der Waals surface area contributed by atoms with Crippen LogP contribution in [0.15, 0.2) is 12.1 Å². The molecule has 0 aliphatic carbocycles. The number of hydrogen-bond donors (Lipinski definition) is 1. The van der Waals surface area contributed by atoms with Crippen LogP contribution in [0, 0.1) is 0 Å². The third kappa shape index (κ3) is 0.921. The number of halogens is 1. The molecule has 0 radical (unpaired) electrons. The van der Waals surface area contributed by atoms with E-state index in [4.69, 9.17) is 17.3 Å². The van der Waals surface area contributed by atoms with Crippen molar-refractivity contribution in [2.75, 3.05) is 5.73 Å². The molecule has 2 rings (SSSR count). The van der Waals surface area contributed by atoms with E-state index in [0.29, 0.717) is 10.7 Å². The van der Waals surface area contributed by atoms with Crippen LogP contribution < -0.4 is 5.73 Å². The maximum atomic E-state index is 5.78. The summed E-state index contributed by atoms with van der Waals surface area (Å²) in [6.45, 7) is 0. The van der Waals surface area contributed by atoms with Gasteiger partial charge in [0.1, 0.15) is 11.0 Å². The van der Waals surface area contributed by atoms with E-state index in [2.05, 4.69) is 10.3 Å². The molecular formula is C7H7ClN4. The number of nitrogens with zero attached hydrogens (tertiary/aromatic N) is 3. The minimum atomic E-state index is 0.584. The van der Waals surface area contributed by atoms with Crippen LogP contribution in [-0.2, 0) is 7.05 Å². The van der Waals surface area contributed by atoms with E-state index >= 15 is 0 Å². The number of fused-ring (bicyclic) bond motifs is 1. The van der Waals surface area contributed by atoms with Crippen LogP contribution in [0.2, 0.25) is 5.02 Å². The molecular weight excluding hydrogens is 176 g/mol. The molecule has 0 unspecified atom stereocenters. The number of nitrogens with two attached hydrogens (primary N) is 1. The van der Waals surface area contributed by atoms with Crippen molar-refractivity contribution in [2.24, 2.45) is 7.05 Å². The van der Waals surface area contributed by atoms with Crippen molar-refractivity contribution in [1.29, 1.82) is 0 Å². The number of nitrogen functional groups attached to an aromatic ring is 1. The van der Waals surface area contributed by atoms with Gasteiger partial charge in [0.2, 0.25) is 0 Å². The SMILES string of the molecule is Cn1nnc2cc(Cl)cc(N)c21. The smallest absolute Gasteiger partial charge is 0.116 e. The number of rotatable bonds is 0. The van der Waals surface area contributed by atoms with Crippen molar-refractivity contribution in [3.8, 4) is 0 Å². The zero-order chi connectivity index (χ0) is 8.72. The summed E-state index contributed by atoms with van der Waals surface area (Å²) in [5.74, 6) is 0. The van der Waals surface area contributed by atoms with E-state index in [-0.39, 0.29) is 0 Å². The van der Waals surface area contributed by atoms with Gasteiger partial charge in [-0.1, -0.05) is 16.8 Å². The Bertz CT molecular complexity index is 434. The van der Waals surface area contributed by atoms with Gasteiger partial charge in [-0.2, -0.15) is 0 Å². The summed E-state index contributed by atoms with van der Waals surface area (Å²) < 4.78 is 1.63. The Hall–Kier alpha value is -1.29. The largest absolute Gasteiger partial charge is 0.397 e. The van der Waals surface area contributed by atoms with Crippen molar-refractivity contribution in [1.82, 2.24) is 15.0 Å². The molecule has 0 spiro atoms. The molecule has 4 nitrogen and oxygen atoms in total. The highest BCUT2D eigenvalue weighted by molar-refractivity contribution is 6.31. The van der Waals surface area contributed by atoms with Gasteiger partial charge in [0.15, 0.2) is 0 Å². The molecule has 5 heteroatoms. The fourth-order valence-electron chi connectivity index (χ4n) is 1.19. The van der Waals surface area contributed by atoms with Crippen LogP contribution in [0.1, 0.15) is 0 Å². The predicted octanol–water partition coefficient (Wildman–Crippen LogP) is 1.20. The molecule has 12 heavy (non-hydrogen) atoms. The molecule has 2 aromatic rings. The maximum Gasteiger partial charge on any atom is 0.116 e. The number of hydrogen-bond acceptors (Lipinski definition) is 3. The summed E-state index contributed by atoms with van der Waals surface area (Å²) in [6, 6.07) is 3.42. The van der Waals surface area contributed by atoms with Gasteiger partial charge in [-0.05, 0) is 12.1 Å². The number of anilines is 1. The molecule has 0 fully saturated rings. The summed E-state index contributed by atoms with van der Waals surface area (Å²) in [5.41, 5.74) is 7.86. The quantitative estimate of drug-likeness (QED) is 0.623. The second kappa shape index (κ2) is 2.35. The predicted molar refractivity (Wildman–Crippen MR) is 47.9 cm³/mol. The fourth-order valence-corrected chi connectivity index (χ4v) is 1.42. The molecule has 0 atom stereocenters. The Balaban J connectivity index is 2.93. The van der Waals surface area contributed by atoms with E-state index in [1.54, 1.807) is 23.9 Å². The van der Waals surface area contributed by atoms with E-state index in [9.17, 15) is 0 Å². The van der Waals surface area contributed by atoms with Gasteiger partial charge in [0.25, 0.3) is 0 Å². The van der Waals surface area contributed by atoms with Gasteiger partial charge in [-0.25, -0.2) is 4.68 Å². The first-order valence-corrected chi connectivity index (χ1v) is 3.80. The molecule has 1 aromatic carbocycles. The van der Waals surface area contributed by atoms with Crippen LogP contribution in [-0.4, -0.2) is 15.0 Å². The lowest BCUT2D eigenvalue weighted by molar-refractivity contribution is 0.737. The zero-order valence-corrected chi connectivity index (χ0v) is 7.21. The Morgan fingerprint density at radius 3 is 3.00 bits per heavy atom. The highest BCUT2D eigenvalue weighted by Gasteiger charge is 2.05. The first kappa shape index (κ1) is 7.36. The van der Waals surface area contributed by atoms with Crippen molar-refractivity contribution in [2.45, 2.75) is 0 Å². The van der Waals surface area contributed by atoms with Crippen LogP contribution in [0.4, 0.5) is 5.69 Å². The van der Waals surface area contributed by atoms with Gasteiger partial charge in [0, 0.05) is 12.1 Å².